The van der Waals surface area contributed by atoms with Crippen molar-refractivity contribution in [2.75, 3.05) is 56.0 Å². The molecule has 202 valence electrons. The van der Waals surface area contributed by atoms with Gasteiger partial charge in [-0.05, 0) is 48.5 Å². The van der Waals surface area contributed by atoms with Gasteiger partial charge < -0.3 is 25.2 Å². The summed E-state index contributed by atoms with van der Waals surface area (Å²) in [5.74, 6) is 1.50. The minimum Gasteiger partial charge on any atom is -0.457 e. The van der Waals surface area contributed by atoms with Crippen LogP contribution in [0, 0.1) is 0 Å². The minimum absolute atomic E-state index is 0.118. The number of carbonyl (C=O) groups is 3. The fourth-order valence-electron chi connectivity index (χ4n) is 4.79. The van der Waals surface area contributed by atoms with Crippen LogP contribution in [0.4, 0.5) is 11.5 Å². The smallest absolute Gasteiger partial charge is 0.243 e. The molecule has 2 aromatic carbocycles. The van der Waals surface area contributed by atoms with Crippen LogP contribution in [-0.2, 0) is 14.4 Å². The van der Waals surface area contributed by atoms with Crippen LogP contribution < -0.4 is 20.3 Å². The lowest BCUT2D eigenvalue weighted by Gasteiger charge is -2.38. The fourth-order valence-corrected chi connectivity index (χ4v) is 4.79. The summed E-state index contributed by atoms with van der Waals surface area (Å²) in [6.45, 7) is 3.94. The van der Waals surface area contributed by atoms with Gasteiger partial charge in [-0.25, -0.2) is 4.98 Å². The number of nitrogens with one attached hydrogen (secondary N) is 2. The van der Waals surface area contributed by atoms with Crippen LogP contribution in [0.5, 0.6) is 11.5 Å². The van der Waals surface area contributed by atoms with Gasteiger partial charge in [-0.2, -0.15) is 0 Å². The quantitative estimate of drug-likeness (QED) is 0.462. The first kappa shape index (κ1) is 26.2. The third-order valence-electron chi connectivity index (χ3n) is 6.85. The van der Waals surface area contributed by atoms with Gasteiger partial charge in [0.1, 0.15) is 23.4 Å². The van der Waals surface area contributed by atoms with Gasteiger partial charge in [-0.15, -0.1) is 0 Å². The van der Waals surface area contributed by atoms with Crippen LogP contribution in [-0.4, -0.2) is 84.4 Å². The van der Waals surface area contributed by atoms with Gasteiger partial charge in [0, 0.05) is 51.2 Å². The molecule has 0 spiro atoms. The number of pyridine rings is 1. The highest BCUT2D eigenvalue weighted by Crippen LogP contribution is 2.23. The van der Waals surface area contributed by atoms with Gasteiger partial charge in [0.05, 0.1) is 13.0 Å². The molecule has 0 bridgehead atoms. The summed E-state index contributed by atoms with van der Waals surface area (Å²) in [7, 11) is 0. The highest BCUT2D eigenvalue weighted by Gasteiger charge is 2.35. The van der Waals surface area contributed by atoms with Crippen LogP contribution in [0.15, 0.2) is 79.0 Å². The molecule has 3 amide bonds. The van der Waals surface area contributed by atoms with E-state index in [4.69, 9.17) is 4.74 Å². The molecule has 2 N–H and O–H groups in total. The Kier molecular flexibility index (Phi) is 8.33. The molecule has 0 radical (unpaired) electrons. The van der Waals surface area contributed by atoms with E-state index in [1.807, 2.05) is 48.5 Å². The summed E-state index contributed by atoms with van der Waals surface area (Å²) in [5.41, 5.74) is 0.584. The van der Waals surface area contributed by atoms with Crippen LogP contribution in [0.3, 0.4) is 0 Å². The van der Waals surface area contributed by atoms with Crippen LogP contribution in [0.25, 0.3) is 0 Å². The molecule has 1 aromatic heterocycles. The Hall–Kier alpha value is -4.44. The predicted molar refractivity (Wildman–Crippen MR) is 148 cm³/mol. The monoisotopic (exact) mass is 528 g/mol. The van der Waals surface area contributed by atoms with Crippen molar-refractivity contribution in [1.29, 1.82) is 0 Å². The minimum atomic E-state index is -0.846. The number of amides is 3. The summed E-state index contributed by atoms with van der Waals surface area (Å²) in [5, 5.41) is 5.62. The standard InChI is InChI=1S/C29H32N6O4/c36-27(32-22-9-11-24(12-10-22)39-23-6-2-1-3-7-23)20-25-29(38)31-14-15-35(25)28(37)21-33-16-18-34(19-17-33)26-8-4-5-13-30-26/h1-13,25H,14-21H2,(H,31,38)(H,32,36)/t25-/m1/s1. The normalized spacial score (nSPS) is 17.8. The second-order valence-electron chi connectivity index (χ2n) is 9.54. The molecule has 2 saturated heterocycles. The molecular weight excluding hydrogens is 496 g/mol. The molecule has 0 unspecified atom stereocenters. The molecule has 0 aliphatic carbocycles. The second-order valence-corrected chi connectivity index (χ2v) is 9.54. The maximum absolute atomic E-state index is 13.2. The molecule has 1 atom stereocenters. The van der Waals surface area contributed by atoms with Gasteiger partial charge >= 0.3 is 0 Å². The lowest BCUT2D eigenvalue weighted by Crippen LogP contribution is -2.60. The molecule has 3 aromatic rings. The topological polar surface area (TPSA) is 107 Å². The van der Waals surface area contributed by atoms with E-state index in [0.29, 0.717) is 24.5 Å². The zero-order valence-electron chi connectivity index (χ0n) is 21.7. The summed E-state index contributed by atoms with van der Waals surface area (Å²) in [6.07, 6.45) is 1.66. The number of anilines is 2. The molecule has 39 heavy (non-hydrogen) atoms. The zero-order chi connectivity index (χ0) is 27.0. The van der Waals surface area contributed by atoms with Gasteiger partial charge in [0.15, 0.2) is 0 Å². The van der Waals surface area contributed by atoms with Crippen molar-refractivity contribution in [1.82, 2.24) is 20.1 Å². The Balaban J connectivity index is 1.13. The van der Waals surface area contributed by atoms with Crippen molar-refractivity contribution in [3.63, 3.8) is 0 Å². The molecule has 0 saturated carbocycles. The van der Waals surface area contributed by atoms with Crippen LogP contribution in [0.1, 0.15) is 6.42 Å². The first-order chi connectivity index (χ1) is 19.0. The van der Waals surface area contributed by atoms with E-state index in [-0.39, 0.29) is 30.7 Å². The average Bonchev–Trinajstić information content (AvgIpc) is 2.96. The SMILES string of the molecule is O=C(C[C@@H]1C(=O)NCCN1C(=O)CN1CCN(c2ccccn2)CC1)Nc1ccc(Oc2ccccc2)cc1. The van der Waals surface area contributed by atoms with Crippen molar-refractivity contribution in [2.45, 2.75) is 12.5 Å². The van der Waals surface area contributed by atoms with Crippen molar-refractivity contribution in [3.05, 3.63) is 79.0 Å². The van der Waals surface area contributed by atoms with Crippen molar-refractivity contribution in [3.8, 4) is 11.5 Å². The van der Waals surface area contributed by atoms with E-state index in [9.17, 15) is 14.4 Å². The number of piperazine rings is 2. The lowest BCUT2D eigenvalue weighted by molar-refractivity contribution is -0.145. The number of benzene rings is 2. The third-order valence-corrected chi connectivity index (χ3v) is 6.85. The lowest BCUT2D eigenvalue weighted by atomic mass is 10.1. The molecule has 3 heterocycles. The highest BCUT2D eigenvalue weighted by molar-refractivity contribution is 5.97. The van der Waals surface area contributed by atoms with E-state index in [0.717, 1.165) is 37.7 Å². The van der Waals surface area contributed by atoms with E-state index in [2.05, 4.69) is 25.4 Å². The van der Waals surface area contributed by atoms with Crippen molar-refractivity contribution in [2.24, 2.45) is 0 Å². The van der Waals surface area contributed by atoms with Gasteiger partial charge in [0.2, 0.25) is 17.7 Å². The summed E-state index contributed by atoms with van der Waals surface area (Å²) in [6, 6.07) is 21.4. The van der Waals surface area contributed by atoms with E-state index < -0.39 is 6.04 Å². The Bertz CT molecular complexity index is 1260. The Labute approximate surface area is 227 Å². The van der Waals surface area contributed by atoms with Crippen LogP contribution >= 0.6 is 0 Å². The Morgan fingerprint density at radius 2 is 1.62 bits per heavy atom. The second kappa shape index (κ2) is 12.4. The van der Waals surface area contributed by atoms with Crippen LogP contribution in [0.2, 0.25) is 0 Å². The van der Waals surface area contributed by atoms with E-state index in [1.165, 1.54) is 0 Å². The molecular formula is C29H32N6O4. The molecule has 2 fully saturated rings. The zero-order valence-corrected chi connectivity index (χ0v) is 21.7. The number of rotatable bonds is 8. The number of ether oxygens (including phenoxy) is 1. The van der Waals surface area contributed by atoms with E-state index in [1.54, 1.807) is 35.4 Å². The number of aromatic nitrogens is 1. The summed E-state index contributed by atoms with van der Waals surface area (Å²) >= 11 is 0. The molecule has 10 nitrogen and oxygen atoms in total. The number of hydrogen-bond donors (Lipinski definition) is 2. The van der Waals surface area contributed by atoms with Crippen molar-refractivity contribution < 1.29 is 19.1 Å². The van der Waals surface area contributed by atoms with Gasteiger partial charge in [-0.3, -0.25) is 19.3 Å². The molecule has 2 aliphatic heterocycles. The maximum atomic E-state index is 13.2. The largest absolute Gasteiger partial charge is 0.457 e. The number of para-hydroxylation sites is 1. The maximum Gasteiger partial charge on any atom is 0.243 e. The summed E-state index contributed by atoms with van der Waals surface area (Å²) in [4.78, 5) is 49.0. The summed E-state index contributed by atoms with van der Waals surface area (Å²) < 4.78 is 5.79. The Morgan fingerprint density at radius 1 is 0.897 bits per heavy atom. The van der Waals surface area contributed by atoms with E-state index >= 15 is 0 Å². The van der Waals surface area contributed by atoms with Gasteiger partial charge in [-0.1, -0.05) is 24.3 Å². The molecule has 2 aliphatic rings. The number of hydrogen-bond acceptors (Lipinski definition) is 7. The third kappa shape index (κ3) is 6.91. The van der Waals surface area contributed by atoms with Crippen molar-refractivity contribution >= 4 is 29.2 Å². The fraction of sp³-hybridized carbons (Fsp3) is 0.310. The first-order valence-corrected chi connectivity index (χ1v) is 13.1. The van der Waals surface area contributed by atoms with Gasteiger partial charge in [0.25, 0.3) is 0 Å². The average molecular weight is 529 g/mol. The molecule has 5 rings (SSSR count). The highest BCUT2D eigenvalue weighted by atomic mass is 16.5. The first-order valence-electron chi connectivity index (χ1n) is 13.1. The number of nitrogens with zero attached hydrogens (tertiary/aromatic N) is 4. The number of carbonyl (C=O) groups excluding carboxylic acids is 3. The predicted octanol–water partition coefficient (Wildman–Crippen LogP) is 2.35. The molecule has 10 heteroatoms. The Morgan fingerprint density at radius 3 is 2.33 bits per heavy atom.